The number of likely N-dealkylation sites (tertiary alicyclic amines) is 1. The molecule has 2 aliphatic rings. The standard InChI is InChI=1S/C21H34N6O2/c1-3-23-21(27-9-6-17(7-10-27)15-19(28)22-2)25-16-18-5-4-8-24-20(18)26-11-13-29-14-12-26/h4-5,8,17H,3,6-7,9-16H2,1-2H3,(H,22,28)(H,23,25). The molecule has 0 atom stereocenters. The molecule has 160 valence electrons. The number of morpholine rings is 1. The first-order valence-electron chi connectivity index (χ1n) is 10.7. The van der Waals surface area contributed by atoms with Gasteiger partial charge >= 0.3 is 0 Å². The third-order valence-electron chi connectivity index (χ3n) is 5.58. The fraction of sp³-hybridized carbons (Fsp3) is 0.667. The van der Waals surface area contributed by atoms with Crippen molar-refractivity contribution in [2.45, 2.75) is 32.7 Å². The zero-order valence-electron chi connectivity index (χ0n) is 17.7. The van der Waals surface area contributed by atoms with Crippen molar-refractivity contribution in [3.05, 3.63) is 23.9 Å². The first-order chi connectivity index (χ1) is 14.2. The van der Waals surface area contributed by atoms with Gasteiger partial charge in [-0.05, 0) is 31.7 Å². The lowest BCUT2D eigenvalue weighted by atomic mass is 9.93. The van der Waals surface area contributed by atoms with Crippen LogP contribution in [-0.4, -0.2) is 74.7 Å². The zero-order chi connectivity index (χ0) is 20.5. The maximum atomic E-state index is 11.6. The lowest BCUT2D eigenvalue weighted by Crippen LogP contribution is -2.46. The molecule has 0 radical (unpaired) electrons. The molecule has 1 aromatic heterocycles. The third-order valence-corrected chi connectivity index (χ3v) is 5.58. The Bertz CT molecular complexity index is 682. The van der Waals surface area contributed by atoms with E-state index in [4.69, 9.17) is 9.73 Å². The molecule has 0 spiro atoms. The number of rotatable bonds is 6. The first-order valence-corrected chi connectivity index (χ1v) is 10.7. The molecule has 8 heteroatoms. The van der Waals surface area contributed by atoms with Crippen molar-refractivity contribution < 1.29 is 9.53 Å². The highest BCUT2D eigenvalue weighted by Crippen LogP contribution is 2.22. The minimum Gasteiger partial charge on any atom is -0.378 e. The Morgan fingerprint density at radius 3 is 2.72 bits per heavy atom. The van der Waals surface area contributed by atoms with E-state index in [9.17, 15) is 4.79 Å². The van der Waals surface area contributed by atoms with Crippen LogP contribution in [0.4, 0.5) is 5.82 Å². The van der Waals surface area contributed by atoms with Crippen molar-refractivity contribution in [2.24, 2.45) is 10.9 Å². The summed E-state index contributed by atoms with van der Waals surface area (Å²) in [7, 11) is 1.71. The van der Waals surface area contributed by atoms with E-state index >= 15 is 0 Å². The number of ether oxygens (including phenoxy) is 1. The van der Waals surface area contributed by atoms with E-state index in [1.165, 1.54) is 0 Å². The van der Waals surface area contributed by atoms with E-state index in [2.05, 4.69) is 38.4 Å². The van der Waals surface area contributed by atoms with E-state index in [0.717, 1.165) is 76.1 Å². The van der Waals surface area contributed by atoms with Crippen molar-refractivity contribution >= 4 is 17.7 Å². The zero-order valence-corrected chi connectivity index (χ0v) is 17.7. The van der Waals surface area contributed by atoms with Crippen molar-refractivity contribution in [1.29, 1.82) is 0 Å². The van der Waals surface area contributed by atoms with Gasteiger partial charge in [0.25, 0.3) is 0 Å². The highest BCUT2D eigenvalue weighted by molar-refractivity contribution is 5.80. The normalized spacial score (nSPS) is 18.6. The highest BCUT2D eigenvalue weighted by Gasteiger charge is 2.23. The smallest absolute Gasteiger partial charge is 0.220 e. The molecule has 3 rings (SSSR count). The second-order valence-electron chi connectivity index (χ2n) is 7.56. The summed E-state index contributed by atoms with van der Waals surface area (Å²) in [5, 5.41) is 6.16. The van der Waals surface area contributed by atoms with E-state index < -0.39 is 0 Å². The Labute approximate surface area is 173 Å². The topological polar surface area (TPSA) is 82.1 Å². The predicted molar refractivity (Wildman–Crippen MR) is 115 cm³/mol. The number of nitrogens with one attached hydrogen (secondary N) is 2. The monoisotopic (exact) mass is 402 g/mol. The molecule has 2 fully saturated rings. The quantitative estimate of drug-likeness (QED) is 0.550. The fourth-order valence-electron chi connectivity index (χ4n) is 3.91. The number of hydrogen-bond donors (Lipinski definition) is 2. The van der Waals surface area contributed by atoms with Crippen molar-refractivity contribution in [2.75, 3.05) is 57.9 Å². The fourth-order valence-corrected chi connectivity index (χ4v) is 3.91. The summed E-state index contributed by atoms with van der Waals surface area (Å²) in [4.78, 5) is 25.8. The Balaban J connectivity index is 1.64. The molecule has 2 saturated heterocycles. The van der Waals surface area contributed by atoms with Crippen molar-refractivity contribution in [1.82, 2.24) is 20.5 Å². The number of nitrogens with zero attached hydrogens (tertiary/aromatic N) is 4. The van der Waals surface area contributed by atoms with Crippen LogP contribution in [0.5, 0.6) is 0 Å². The molecule has 0 unspecified atom stereocenters. The average Bonchev–Trinajstić information content (AvgIpc) is 2.78. The van der Waals surface area contributed by atoms with E-state index in [1.54, 1.807) is 7.05 Å². The molecular formula is C21H34N6O2. The Kier molecular flexibility index (Phi) is 8.10. The Morgan fingerprint density at radius 1 is 1.28 bits per heavy atom. The number of anilines is 1. The van der Waals surface area contributed by atoms with Crippen LogP contribution >= 0.6 is 0 Å². The van der Waals surface area contributed by atoms with Crippen LogP contribution in [0.3, 0.4) is 0 Å². The number of hydrogen-bond acceptors (Lipinski definition) is 5. The van der Waals surface area contributed by atoms with Crippen LogP contribution in [0.15, 0.2) is 23.3 Å². The van der Waals surface area contributed by atoms with Crippen LogP contribution in [0.1, 0.15) is 31.7 Å². The molecule has 29 heavy (non-hydrogen) atoms. The van der Waals surface area contributed by atoms with Crippen molar-refractivity contribution in [3.8, 4) is 0 Å². The number of aliphatic imine (C=N–C) groups is 1. The largest absolute Gasteiger partial charge is 0.378 e. The van der Waals surface area contributed by atoms with Gasteiger partial charge in [0.15, 0.2) is 5.96 Å². The van der Waals surface area contributed by atoms with Crippen LogP contribution in [0, 0.1) is 5.92 Å². The molecule has 0 saturated carbocycles. The molecule has 0 aromatic carbocycles. The molecule has 1 amide bonds. The maximum Gasteiger partial charge on any atom is 0.220 e. The van der Waals surface area contributed by atoms with Gasteiger partial charge < -0.3 is 25.2 Å². The van der Waals surface area contributed by atoms with E-state index in [0.29, 0.717) is 18.9 Å². The summed E-state index contributed by atoms with van der Waals surface area (Å²) in [6.07, 6.45) is 4.50. The molecule has 0 bridgehead atoms. The van der Waals surface area contributed by atoms with Crippen LogP contribution in [-0.2, 0) is 16.1 Å². The summed E-state index contributed by atoms with van der Waals surface area (Å²) in [6, 6.07) is 4.09. The van der Waals surface area contributed by atoms with Gasteiger partial charge in [0.05, 0.1) is 19.8 Å². The number of aromatic nitrogens is 1. The van der Waals surface area contributed by atoms with Crippen LogP contribution in [0.2, 0.25) is 0 Å². The first kappa shape index (κ1) is 21.4. The summed E-state index contributed by atoms with van der Waals surface area (Å²) in [6.45, 7) is 8.60. The third kappa shape index (κ3) is 6.06. The average molecular weight is 403 g/mol. The second kappa shape index (κ2) is 11.0. The van der Waals surface area contributed by atoms with Gasteiger partial charge in [0, 0.05) is 58.0 Å². The van der Waals surface area contributed by atoms with Gasteiger partial charge in [0.1, 0.15) is 5.82 Å². The molecule has 8 nitrogen and oxygen atoms in total. The molecular weight excluding hydrogens is 368 g/mol. The summed E-state index contributed by atoms with van der Waals surface area (Å²) < 4.78 is 5.47. The number of amides is 1. The molecule has 0 aliphatic carbocycles. The summed E-state index contributed by atoms with van der Waals surface area (Å²) in [5.74, 6) is 2.55. The second-order valence-corrected chi connectivity index (χ2v) is 7.56. The molecule has 1 aromatic rings. The number of piperidine rings is 1. The Hall–Kier alpha value is -2.35. The summed E-state index contributed by atoms with van der Waals surface area (Å²) >= 11 is 0. The van der Waals surface area contributed by atoms with Gasteiger partial charge in [-0.1, -0.05) is 6.07 Å². The van der Waals surface area contributed by atoms with Gasteiger partial charge in [-0.25, -0.2) is 9.98 Å². The van der Waals surface area contributed by atoms with Crippen molar-refractivity contribution in [3.63, 3.8) is 0 Å². The van der Waals surface area contributed by atoms with Crippen LogP contribution < -0.4 is 15.5 Å². The minimum atomic E-state index is 0.135. The van der Waals surface area contributed by atoms with Gasteiger partial charge in [-0.2, -0.15) is 0 Å². The Morgan fingerprint density at radius 2 is 2.03 bits per heavy atom. The number of carbonyl (C=O) groups excluding carboxylic acids is 1. The maximum absolute atomic E-state index is 11.6. The molecule has 2 aliphatic heterocycles. The van der Waals surface area contributed by atoms with E-state index in [-0.39, 0.29) is 5.91 Å². The lowest BCUT2D eigenvalue weighted by molar-refractivity contribution is -0.121. The van der Waals surface area contributed by atoms with Crippen LogP contribution in [0.25, 0.3) is 0 Å². The van der Waals surface area contributed by atoms with E-state index in [1.807, 2.05) is 12.3 Å². The van der Waals surface area contributed by atoms with Gasteiger partial charge in [0.2, 0.25) is 5.91 Å². The molecule has 2 N–H and O–H groups in total. The minimum absolute atomic E-state index is 0.135. The number of guanidine groups is 1. The number of carbonyl (C=O) groups is 1. The molecule has 3 heterocycles. The SMILES string of the molecule is CCNC(=NCc1cccnc1N1CCOCC1)N1CCC(CC(=O)NC)CC1. The van der Waals surface area contributed by atoms with Gasteiger partial charge in [-0.15, -0.1) is 0 Å². The number of pyridine rings is 1. The predicted octanol–water partition coefficient (Wildman–Crippen LogP) is 1.23. The lowest BCUT2D eigenvalue weighted by Gasteiger charge is -2.34. The van der Waals surface area contributed by atoms with Gasteiger partial charge in [-0.3, -0.25) is 4.79 Å². The highest BCUT2D eigenvalue weighted by atomic mass is 16.5. The summed E-state index contributed by atoms with van der Waals surface area (Å²) in [5.41, 5.74) is 1.14.